The normalized spacial score (nSPS) is 12.5. The van der Waals surface area contributed by atoms with E-state index in [4.69, 9.17) is 10.8 Å². The highest BCUT2D eigenvalue weighted by atomic mass is 16.3. The van der Waals surface area contributed by atoms with Crippen molar-refractivity contribution in [1.82, 2.24) is 0 Å². The van der Waals surface area contributed by atoms with Crippen LogP contribution < -0.4 is 5.73 Å². The number of nitrogens with two attached hydrogens (primary N) is 1. The second-order valence-corrected chi connectivity index (χ2v) is 2.81. The Morgan fingerprint density at radius 3 is 2.69 bits per heavy atom. The van der Waals surface area contributed by atoms with E-state index in [-0.39, 0.29) is 18.4 Å². The highest BCUT2D eigenvalue weighted by Crippen LogP contribution is 2.22. The second-order valence-electron chi connectivity index (χ2n) is 2.81. The van der Waals surface area contributed by atoms with E-state index in [1.165, 1.54) is 6.07 Å². The third-order valence-electron chi connectivity index (χ3n) is 1.92. The van der Waals surface area contributed by atoms with Crippen molar-refractivity contribution in [3.63, 3.8) is 0 Å². The summed E-state index contributed by atoms with van der Waals surface area (Å²) in [7, 11) is 0. The molecule has 0 spiro atoms. The van der Waals surface area contributed by atoms with E-state index in [1.54, 1.807) is 18.2 Å². The Bertz CT molecular complexity index is 310. The molecule has 1 atom stereocenters. The van der Waals surface area contributed by atoms with Crippen molar-refractivity contribution in [1.29, 1.82) is 0 Å². The van der Waals surface area contributed by atoms with Crippen molar-refractivity contribution in [2.75, 3.05) is 0 Å². The third-order valence-corrected chi connectivity index (χ3v) is 1.92. The third kappa shape index (κ3) is 2.08. The largest absolute Gasteiger partial charge is 0.508 e. The zero-order valence-electron chi connectivity index (χ0n) is 7.27. The van der Waals surface area contributed by atoms with E-state index in [0.717, 1.165) is 5.56 Å². The fraction of sp³-hybridized carbons (Fsp3) is 0.200. The van der Waals surface area contributed by atoms with Crippen molar-refractivity contribution in [2.24, 2.45) is 5.73 Å². The first-order chi connectivity index (χ1) is 6.19. The summed E-state index contributed by atoms with van der Waals surface area (Å²) in [6.07, 6.45) is 1.59. The Morgan fingerprint density at radius 1 is 1.54 bits per heavy atom. The van der Waals surface area contributed by atoms with Crippen molar-refractivity contribution in [3.8, 4) is 5.75 Å². The Balaban J connectivity index is 3.02. The van der Waals surface area contributed by atoms with Gasteiger partial charge in [-0.05, 0) is 11.6 Å². The van der Waals surface area contributed by atoms with Crippen LogP contribution in [0.5, 0.6) is 5.75 Å². The number of hydrogen-bond acceptors (Lipinski definition) is 3. The van der Waals surface area contributed by atoms with Gasteiger partial charge in [-0.15, -0.1) is 6.58 Å². The molecule has 1 rings (SSSR count). The minimum absolute atomic E-state index is 0.0669. The standard InChI is InChI=1S/C10H13NO2/c1-2-9(11)7-3-4-8(6-12)10(13)5-7/h2-5,9,12-13H,1,6,11H2/t9-/m1/s1. The van der Waals surface area contributed by atoms with Gasteiger partial charge in [-0.25, -0.2) is 0 Å². The molecule has 0 unspecified atom stereocenters. The van der Waals surface area contributed by atoms with Gasteiger partial charge in [-0.3, -0.25) is 0 Å². The van der Waals surface area contributed by atoms with Crippen LogP contribution in [0, 0.1) is 0 Å². The number of rotatable bonds is 3. The van der Waals surface area contributed by atoms with E-state index in [2.05, 4.69) is 6.58 Å². The minimum Gasteiger partial charge on any atom is -0.508 e. The lowest BCUT2D eigenvalue weighted by atomic mass is 10.0. The number of aliphatic hydroxyl groups excluding tert-OH is 1. The summed E-state index contributed by atoms with van der Waals surface area (Å²) in [6, 6.07) is 4.67. The van der Waals surface area contributed by atoms with Crippen LogP contribution >= 0.6 is 0 Å². The van der Waals surface area contributed by atoms with Crippen LogP contribution in [0.25, 0.3) is 0 Å². The number of aromatic hydroxyl groups is 1. The van der Waals surface area contributed by atoms with Gasteiger partial charge in [-0.1, -0.05) is 18.2 Å². The topological polar surface area (TPSA) is 66.5 Å². The van der Waals surface area contributed by atoms with Gasteiger partial charge in [0.1, 0.15) is 5.75 Å². The Labute approximate surface area is 77.1 Å². The molecule has 0 radical (unpaired) electrons. The lowest BCUT2D eigenvalue weighted by molar-refractivity contribution is 0.275. The van der Waals surface area contributed by atoms with Gasteiger partial charge in [0.05, 0.1) is 6.61 Å². The SMILES string of the molecule is C=C[C@@H](N)c1ccc(CO)c(O)c1. The average molecular weight is 179 g/mol. The fourth-order valence-corrected chi connectivity index (χ4v) is 1.06. The second kappa shape index (κ2) is 4.07. The molecule has 0 fully saturated rings. The molecule has 0 aromatic heterocycles. The number of phenols is 1. The zero-order chi connectivity index (χ0) is 9.84. The van der Waals surface area contributed by atoms with E-state index >= 15 is 0 Å². The molecule has 1 aromatic carbocycles. The van der Waals surface area contributed by atoms with Crippen molar-refractivity contribution in [3.05, 3.63) is 42.0 Å². The maximum Gasteiger partial charge on any atom is 0.121 e. The van der Waals surface area contributed by atoms with Gasteiger partial charge in [0, 0.05) is 11.6 Å². The lowest BCUT2D eigenvalue weighted by Crippen LogP contribution is -2.06. The first kappa shape index (κ1) is 9.77. The van der Waals surface area contributed by atoms with Crippen molar-refractivity contribution < 1.29 is 10.2 Å². The van der Waals surface area contributed by atoms with E-state index < -0.39 is 0 Å². The van der Waals surface area contributed by atoms with Gasteiger partial charge in [-0.2, -0.15) is 0 Å². The minimum atomic E-state index is -0.279. The molecular weight excluding hydrogens is 166 g/mol. The molecule has 4 N–H and O–H groups in total. The smallest absolute Gasteiger partial charge is 0.121 e. The molecule has 0 aliphatic rings. The van der Waals surface area contributed by atoms with Crippen LogP contribution in [0.2, 0.25) is 0 Å². The van der Waals surface area contributed by atoms with Crippen LogP contribution in [0.15, 0.2) is 30.9 Å². The Hall–Kier alpha value is -1.32. The molecule has 3 heteroatoms. The highest BCUT2D eigenvalue weighted by Gasteiger charge is 2.05. The summed E-state index contributed by atoms with van der Waals surface area (Å²) >= 11 is 0. The van der Waals surface area contributed by atoms with E-state index in [9.17, 15) is 5.11 Å². The van der Waals surface area contributed by atoms with Crippen LogP contribution in [0.4, 0.5) is 0 Å². The maximum atomic E-state index is 9.39. The molecule has 0 saturated carbocycles. The van der Waals surface area contributed by atoms with Gasteiger partial charge >= 0.3 is 0 Å². The molecule has 0 aliphatic heterocycles. The summed E-state index contributed by atoms with van der Waals surface area (Å²) in [5.41, 5.74) is 6.95. The van der Waals surface area contributed by atoms with Crippen LogP contribution in [0.1, 0.15) is 17.2 Å². The predicted octanol–water partition coefficient (Wildman–Crippen LogP) is 1.07. The van der Waals surface area contributed by atoms with Crippen molar-refractivity contribution >= 4 is 0 Å². The van der Waals surface area contributed by atoms with E-state index in [0.29, 0.717) is 5.56 Å². The predicted molar refractivity (Wildman–Crippen MR) is 51.2 cm³/mol. The summed E-state index contributed by atoms with van der Waals surface area (Å²) < 4.78 is 0. The van der Waals surface area contributed by atoms with Crippen molar-refractivity contribution in [2.45, 2.75) is 12.6 Å². The monoisotopic (exact) mass is 179 g/mol. The molecule has 0 heterocycles. The molecule has 70 valence electrons. The Morgan fingerprint density at radius 2 is 2.23 bits per heavy atom. The Kier molecular flexibility index (Phi) is 3.06. The molecule has 0 saturated heterocycles. The fourth-order valence-electron chi connectivity index (χ4n) is 1.06. The molecular formula is C10H13NO2. The van der Waals surface area contributed by atoms with Gasteiger partial charge in [0.2, 0.25) is 0 Å². The first-order valence-electron chi connectivity index (χ1n) is 4.00. The van der Waals surface area contributed by atoms with Crippen LogP contribution in [-0.2, 0) is 6.61 Å². The number of aliphatic hydroxyl groups is 1. The molecule has 13 heavy (non-hydrogen) atoms. The maximum absolute atomic E-state index is 9.39. The molecule has 1 aromatic rings. The molecule has 0 amide bonds. The quantitative estimate of drug-likeness (QED) is 0.608. The highest BCUT2D eigenvalue weighted by molar-refractivity contribution is 5.38. The first-order valence-corrected chi connectivity index (χ1v) is 4.00. The average Bonchev–Trinajstić information content (AvgIpc) is 2.16. The summed E-state index contributed by atoms with van der Waals surface area (Å²) in [5, 5.41) is 18.2. The molecule has 0 aliphatic carbocycles. The zero-order valence-corrected chi connectivity index (χ0v) is 7.27. The summed E-state index contributed by atoms with van der Waals surface area (Å²) in [4.78, 5) is 0. The molecule has 0 bridgehead atoms. The summed E-state index contributed by atoms with van der Waals surface area (Å²) in [6.45, 7) is 3.38. The van der Waals surface area contributed by atoms with Gasteiger partial charge < -0.3 is 15.9 Å². The number of hydrogen-bond donors (Lipinski definition) is 3. The number of benzene rings is 1. The lowest BCUT2D eigenvalue weighted by Gasteiger charge is -2.08. The van der Waals surface area contributed by atoms with Gasteiger partial charge in [0.25, 0.3) is 0 Å². The van der Waals surface area contributed by atoms with Crippen LogP contribution in [-0.4, -0.2) is 10.2 Å². The molecule has 3 nitrogen and oxygen atoms in total. The summed E-state index contributed by atoms with van der Waals surface area (Å²) in [5.74, 6) is 0.0669. The van der Waals surface area contributed by atoms with Crippen LogP contribution in [0.3, 0.4) is 0 Å². The van der Waals surface area contributed by atoms with Gasteiger partial charge in [0.15, 0.2) is 0 Å². The van der Waals surface area contributed by atoms with E-state index in [1.807, 2.05) is 0 Å².